The second-order valence-corrected chi connectivity index (χ2v) is 21.9. The minimum absolute atomic E-state index is 0.00859. The van der Waals surface area contributed by atoms with E-state index in [1.807, 2.05) is 20.8 Å². The third-order valence-corrected chi connectivity index (χ3v) is 14.8. The Morgan fingerprint density at radius 1 is 0.866 bits per heavy atom. The summed E-state index contributed by atoms with van der Waals surface area (Å²) in [5, 5.41) is 12.2. The Labute approximate surface area is 394 Å². The van der Waals surface area contributed by atoms with Gasteiger partial charge in [-0.2, -0.15) is 0 Å². The second-order valence-electron chi connectivity index (χ2n) is 21.9. The minimum Gasteiger partial charge on any atom is -0.460 e. The van der Waals surface area contributed by atoms with Crippen molar-refractivity contribution < 1.29 is 67.0 Å². The summed E-state index contributed by atoms with van der Waals surface area (Å²) in [7, 11) is 0. The van der Waals surface area contributed by atoms with Crippen molar-refractivity contribution in [2.45, 2.75) is 176 Å². The van der Waals surface area contributed by atoms with Crippen LogP contribution in [0.15, 0.2) is 71.8 Å². The van der Waals surface area contributed by atoms with Crippen LogP contribution in [0.4, 0.5) is 0 Å². The monoisotopic (exact) mass is 930 g/mol. The number of aliphatic hydroxyl groups excluding tert-OH is 1. The maximum Gasteiger partial charge on any atom is 0.348 e. The summed E-state index contributed by atoms with van der Waals surface area (Å²) in [5.74, 6) is -7.35. The molecule has 0 aromatic heterocycles. The Morgan fingerprint density at radius 2 is 1.46 bits per heavy atom. The van der Waals surface area contributed by atoms with Crippen molar-refractivity contribution in [1.29, 1.82) is 0 Å². The zero-order chi connectivity index (χ0) is 49.8. The lowest BCUT2D eigenvalue weighted by Gasteiger charge is -2.68. The van der Waals surface area contributed by atoms with Crippen LogP contribution in [0.5, 0.6) is 0 Å². The quantitative estimate of drug-likeness (QED) is 0.123. The lowest BCUT2D eigenvalue weighted by atomic mass is 9.41. The number of Topliss-reactive ketones (excluding diaryl/α,β-unsaturated/α-hetero) is 1. The van der Waals surface area contributed by atoms with Crippen molar-refractivity contribution in [2.75, 3.05) is 6.61 Å². The predicted octanol–water partition coefficient (Wildman–Crippen LogP) is 7.81. The van der Waals surface area contributed by atoms with Gasteiger partial charge in [-0.15, -0.1) is 0 Å². The molecule has 1 N–H and O–H groups in total. The van der Waals surface area contributed by atoms with Crippen molar-refractivity contribution in [2.24, 2.45) is 28.1 Å². The Kier molecular flexibility index (Phi) is 14.2. The summed E-state index contributed by atoms with van der Waals surface area (Å²) >= 11 is 0. The first-order chi connectivity index (χ1) is 31.0. The molecule has 12 atom stereocenters. The average molecular weight is 931 g/mol. The van der Waals surface area contributed by atoms with Gasteiger partial charge in [0.05, 0.1) is 41.6 Å². The highest BCUT2D eigenvalue weighted by Gasteiger charge is 2.77. The van der Waals surface area contributed by atoms with Crippen LogP contribution in [0.3, 0.4) is 0 Å². The smallest absolute Gasteiger partial charge is 0.348 e. The van der Waals surface area contributed by atoms with Crippen LogP contribution in [-0.4, -0.2) is 101 Å². The standard InChI is InChI=1S/C53H70O14/c1-29-36(62-47(60)41(63-45(58)31(3)65-48(5,6)7)35(33-21-17-15-18-22-33)25-39(56)67-49(8,9)10)27-51(13)44(64-46(59)34-23-19-16-20-24-34)42-52(14,43(57)30(2)40(29)50(51,11)12)37(55)26-38-53(42,28-61-38)66-32(4)54/h15-24,30-31,35-38,41-42,44,55H,25-28H2,1-14H3. The SMILES string of the molecule is CC(=O)OC12COC1CC(O)C1(C)C(=O)C(C)C3=C(C)C(OC(=O)C(OC(=O)C(C)OC(C)(C)C)C(CC(=O)OC(C)(C)C)c4ccccc4)CC(C)(C(OC(=O)c4ccccc4)C21)C3(C)C. The molecule has 14 heteroatoms. The number of ether oxygens (including phenoxy) is 7. The van der Waals surface area contributed by atoms with Crippen LogP contribution >= 0.6 is 0 Å². The van der Waals surface area contributed by atoms with Gasteiger partial charge in [-0.1, -0.05) is 81.8 Å². The van der Waals surface area contributed by atoms with Gasteiger partial charge in [-0.3, -0.25) is 14.4 Å². The fourth-order valence-corrected chi connectivity index (χ4v) is 11.5. The molecule has 0 amide bonds. The highest BCUT2D eigenvalue weighted by atomic mass is 16.6. The molecule has 2 saturated carbocycles. The normalized spacial score (nSPS) is 31.5. The number of benzene rings is 2. The van der Waals surface area contributed by atoms with Gasteiger partial charge in [-0.05, 0) is 97.4 Å². The van der Waals surface area contributed by atoms with Crippen LogP contribution in [-0.2, 0) is 57.1 Å². The van der Waals surface area contributed by atoms with Crippen LogP contribution in [0.2, 0.25) is 0 Å². The topological polar surface area (TPSA) is 187 Å². The van der Waals surface area contributed by atoms with Crippen molar-refractivity contribution in [1.82, 2.24) is 0 Å². The lowest BCUT2D eigenvalue weighted by molar-refractivity contribution is -0.340. The Hall–Kier alpha value is -4.92. The van der Waals surface area contributed by atoms with Crippen LogP contribution in [0.25, 0.3) is 0 Å². The molecule has 1 heterocycles. The zero-order valence-corrected chi connectivity index (χ0v) is 41.6. The molecule has 3 aliphatic carbocycles. The first-order valence-corrected chi connectivity index (χ1v) is 23.3. The molecule has 1 aliphatic heterocycles. The maximum atomic E-state index is 15.5. The number of carbonyl (C=O) groups excluding carboxylic acids is 6. The molecule has 3 fully saturated rings. The van der Waals surface area contributed by atoms with Gasteiger partial charge < -0.3 is 38.3 Å². The van der Waals surface area contributed by atoms with E-state index in [1.165, 1.54) is 13.8 Å². The van der Waals surface area contributed by atoms with Crippen molar-refractivity contribution in [3.05, 3.63) is 82.9 Å². The van der Waals surface area contributed by atoms with E-state index in [9.17, 15) is 24.3 Å². The number of fused-ring (bicyclic) bond motifs is 5. The summed E-state index contributed by atoms with van der Waals surface area (Å²) in [4.78, 5) is 86.0. The van der Waals surface area contributed by atoms with E-state index in [4.69, 9.17) is 33.2 Å². The van der Waals surface area contributed by atoms with Gasteiger partial charge in [0.1, 0.15) is 29.7 Å². The molecule has 4 aliphatic rings. The Morgan fingerprint density at radius 3 is 2.00 bits per heavy atom. The maximum absolute atomic E-state index is 15.5. The van der Waals surface area contributed by atoms with E-state index >= 15 is 9.59 Å². The number of hydrogen-bond donors (Lipinski definition) is 1. The number of rotatable bonds is 12. The van der Waals surface area contributed by atoms with Crippen LogP contribution < -0.4 is 0 Å². The van der Waals surface area contributed by atoms with Crippen molar-refractivity contribution in [3.8, 4) is 0 Å². The Bertz CT molecular complexity index is 2250. The predicted molar refractivity (Wildman–Crippen MR) is 245 cm³/mol. The molecular formula is C53H70O14. The molecule has 0 spiro atoms. The molecular weight excluding hydrogens is 861 g/mol. The summed E-state index contributed by atoms with van der Waals surface area (Å²) in [6.07, 6.45) is -7.75. The van der Waals surface area contributed by atoms with E-state index in [0.717, 1.165) is 0 Å². The third kappa shape index (κ3) is 9.72. The molecule has 14 nitrogen and oxygen atoms in total. The molecule has 1 saturated heterocycles. The molecule has 0 radical (unpaired) electrons. The van der Waals surface area contributed by atoms with E-state index in [1.54, 1.807) is 123 Å². The largest absolute Gasteiger partial charge is 0.460 e. The highest BCUT2D eigenvalue weighted by Crippen LogP contribution is 2.67. The molecule has 6 rings (SSSR count). The first kappa shape index (κ1) is 51.5. The van der Waals surface area contributed by atoms with Crippen molar-refractivity contribution in [3.63, 3.8) is 0 Å². The van der Waals surface area contributed by atoms with E-state index in [-0.39, 0.29) is 37.2 Å². The van der Waals surface area contributed by atoms with Crippen LogP contribution in [0.1, 0.15) is 138 Å². The minimum atomic E-state index is -1.71. The van der Waals surface area contributed by atoms with E-state index in [2.05, 4.69) is 0 Å². The summed E-state index contributed by atoms with van der Waals surface area (Å²) in [6, 6.07) is 17.1. The highest BCUT2D eigenvalue weighted by molar-refractivity contribution is 5.92. The summed E-state index contributed by atoms with van der Waals surface area (Å²) in [6.45, 7) is 24.2. The van der Waals surface area contributed by atoms with Gasteiger partial charge in [0.2, 0.25) is 6.10 Å². The number of ketones is 1. The number of allylic oxidation sites excluding steroid dienone is 1. The molecule has 2 bridgehead atoms. The van der Waals surface area contributed by atoms with Gasteiger partial charge in [0.15, 0.2) is 11.7 Å². The molecule has 366 valence electrons. The van der Waals surface area contributed by atoms with Gasteiger partial charge in [-0.25, -0.2) is 14.4 Å². The molecule has 12 unspecified atom stereocenters. The third-order valence-electron chi connectivity index (χ3n) is 14.8. The fourth-order valence-electron chi connectivity index (χ4n) is 11.5. The second kappa shape index (κ2) is 18.5. The lowest BCUT2D eigenvalue weighted by Crippen LogP contribution is -2.80. The number of aliphatic hydroxyl groups is 1. The Balaban J connectivity index is 1.53. The van der Waals surface area contributed by atoms with E-state index < -0.39 is 117 Å². The molecule has 67 heavy (non-hydrogen) atoms. The number of esters is 5. The van der Waals surface area contributed by atoms with Gasteiger partial charge in [0, 0.05) is 30.6 Å². The number of carbonyl (C=O) groups is 6. The first-order valence-electron chi connectivity index (χ1n) is 23.3. The molecule has 2 aromatic rings. The van der Waals surface area contributed by atoms with Gasteiger partial charge >= 0.3 is 29.8 Å². The zero-order valence-electron chi connectivity index (χ0n) is 41.6. The van der Waals surface area contributed by atoms with Crippen molar-refractivity contribution >= 4 is 35.6 Å². The van der Waals surface area contributed by atoms with Gasteiger partial charge in [0.25, 0.3) is 0 Å². The number of hydrogen-bond acceptors (Lipinski definition) is 14. The average Bonchev–Trinajstić information content (AvgIpc) is 3.22. The molecule has 2 aromatic carbocycles. The fraction of sp³-hybridized carbons (Fsp3) is 0.623. The van der Waals surface area contributed by atoms with Crippen LogP contribution in [0, 0.1) is 28.1 Å². The summed E-state index contributed by atoms with van der Waals surface area (Å²) in [5.41, 5.74) is -5.12. The van der Waals surface area contributed by atoms with E-state index in [0.29, 0.717) is 16.7 Å². The summed E-state index contributed by atoms with van der Waals surface area (Å²) < 4.78 is 43.4.